The Morgan fingerprint density at radius 3 is 2.77 bits per heavy atom. The Bertz CT molecular complexity index is 346. The fraction of sp³-hybridized carbons (Fsp3) is 0.857. The second-order valence-corrected chi connectivity index (χ2v) is 5.84. The zero-order chi connectivity index (χ0) is 9.69. The van der Waals surface area contributed by atoms with Gasteiger partial charge in [0.25, 0.3) is 0 Å². The number of fused-ring (bicyclic) bond motifs is 1. The van der Waals surface area contributed by atoms with Crippen LogP contribution in [0.25, 0.3) is 0 Å². The SMILES string of the molecule is O=C(O)[C@]12COC[C@H]1CS(=O)(=O)C2. The van der Waals surface area contributed by atoms with Crippen LogP contribution in [-0.2, 0) is 19.4 Å². The van der Waals surface area contributed by atoms with Crippen LogP contribution in [-0.4, -0.2) is 44.2 Å². The van der Waals surface area contributed by atoms with Crippen molar-refractivity contribution in [3.63, 3.8) is 0 Å². The number of aliphatic carboxylic acids is 1. The summed E-state index contributed by atoms with van der Waals surface area (Å²) in [7, 11) is -3.17. The maximum Gasteiger partial charge on any atom is 0.313 e. The highest BCUT2D eigenvalue weighted by Crippen LogP contribution is 2.42. The van der Waals surface area contributed by atoms with Crippen LogP contribution in [0, 0.1) is 11.3 Å². The standard InChI is InChI=1S/C7H10O5S/c8-6(9)7-3-12-1-5(7)2-13(10,11)4-7/h5H,1-4H2,(H,8,9)/t5-,7-/m0/s1. The number of hydrogen-bond acceptors (Lipinski definition) is 4. The number of rotatable bonds is 1. The summed E-state index contributed by atoms with van der Waals surface area (Å²) in [6, 6.07) is 0. The molecule has 5 nitrogen and oxygen atoms in total. The maximum absolute atomic E-state index is 11.2. The van der Waals surface area contributed by atoms with Crippen LogP contribution in [0.1, 0.15) is 0 Å². The van der Waals surface area contributed by atoms with Crippen LogP contribution >= 0.6 is 0 Å². The summed E-state index contributed by atoms with van der Waals surface area (Å²) in [5, 5.41) is 8.96. The van der Waals surface area contributed by atoms with E-state index in [9.17, 15) is 13.2 Å². The van der Waals surface area contributed by atoms with Gasteiger partial charge in [0, 0.05) is 5.92 Å². The number of sulfone groups is 1. The Morgan fingerprint density at radius 2 is 2.23 bits per heavy atom. The molecule has 6 heteroatoms. The van der Waals surface area contributed by atoms with Crippen molar-refractivity contribution in [2.45, 2.75) is 0 Å². The van der Waals surface area contributed by atoms with E-state index in [1.165, 1.54) is 0 Å². The zero-order valence-corrected chi connectivity index (χ0v) is 7.71. The van der Waals surface area contributed by atoms with Gasteiger partial charge < -0.3 is 9.84 Å². The van der Waals surface area contributed by atoms with Gasteiger partial charge >= 0.3 is 5.97 Å². The summed E-state index contributed by atoms with van der Waals surface area (Å²) in [6.45, 7) is 0.289. The second kappa shape index (κ2) is 2.45. The molecule has 2 saturated heterocycles. The van der Waals surface area contributed by atoms with Gasteiger partial charge in [-0.15, -0.1) is 0 Å². The van der Waals surface area contributed by atoms with E-state index in [1.54, 1.807) is 0 Å². The third kappa shape index (κ3) is 1.16. The molecule has 2 rings (SSSR count). The quantitative estimate of drug-likeness (QED) is 0.603. The molecule has 0 aliphatic carbocycles. The third-order valence-corrected chi connectivity index (χ3v) is 4.68. The fourth-order valence-electron chi connectivity index (χ4n) is 2.08. The van der Waals surface area contributed by atoms with Crippen molar-refractivity contribution in [2.24, 2.45) is 11.3 Å². The molecule has 0 bridgehead atoms. The molecule has 13 heavy (non-hydrogen) atoms. The van der Waals surface area contributed by atoms with Gasteiger partial charge in [-0.05, 0) is 0 Å². The van der Waals surface area contributed by atoms with Crippen molar-refractivity contribution < 1.29 is 23.1 Å². The fourth-order valence-corrected chi connectivity index (χ4v) is 4.46. The molecule has 0 aromatic rings. The zero-order valence-electron chi connectivity index (χ0n) is 6.89. The predicted molar refractivity (Wildman–Crippen MR) is 43.0 cm³/mol. The summed E-state index contributed by atoms with van der Waals surface area (Å²) >= 11 is 0. The van der Waals surface area contributed by atoms with Crippen molar-refractivity contribution in [1.82, 2.24) is 0 Å². The van der Waals surface area contributed by atoms with Gasteiger partial charge in [0.05, 0.1) is 24.7 Å². The van der Waals surface area contributed by atoms with Crippen molar-refractivity contribution in [3.8, 4) is 0 Å². The Labute approximate surface area is 75.6 Å². The van der Waals surface area contributed by atoms with E-state index in [2.05, 4.69) is 0 Å². The van der Waals surface area contributed by atoms with Gasteiger partial charge in [0.15, 0.2) is 9.84 Å². The summed E-state index contributed by atoms with van der Waals surface area (Å²) in [5.41, 5.74) is -1.15. The largest absolute Gasteiger partial charge is 0.481 e. The molecule has 74 valence electrons. The molecule has 2 heterocycles. The van der Waals surface area contributed by atoms with Gasteiger partial charge in [0.2, 0.25) is 0 Å². The van der Waals surface area contributed by atoms with Crippen molar-refractivity contribution in [3.05, 3.63) is 0 Å². The number of carboxylic acid groups (broad SMARTS) is 1. The Balaban J connectivity index is 2.41. The normalized spacial score (nSPS) is 41.7. The van der Waals surface area contributed by atoms with Gasteiger partial charge in [-0.25, -0.2) is 8.42 Å². The van der Waals surface area contributed by atoms with E-state index in [-0.39, 0.29) is 30.6 Å². The molecule has 0 aromatic carbocycles. The van der Waals surface area contributed by atoms with Crippen LogP contribution in [0.3, 0.4) is 0 Å². The second-order valence-electron chi connectivity index (χ2n) is 3.73. The molecular formula is C7H10O5S. The van der Waals surface area contributed by atoms with Crippen LogP contribution in [0.4, 0.5) is 0 Å². The highest BCUT2D eigenvalue weighted by Gasteiger charge is 2.59. The lowest BCUT2D eigenvalue weighted by atomic mass is 9.81. The first-order valence-corrected chi connectivity index (χ1v) is 5.80. The smallest absolute Gasteiger partial charge is 0.313 e. The Kier molecular flexibility index (Phi) is 1.69. The van der Waals surface area contributed by atoms with E-state index < -0.39 is 21.2 Å². The minimum atomic E-state index is -3.17. The van der Waals surface area contributed by atoms with E-state index in [4.69, 9.17) is 9.84 Å². The molecular weight excluding hydrogens is 196 g/mol. The summed E-state index contributed by atoms with van der Waals surface area (Å²) < 4.78 is 27.5. The van der Waals surface area contributed by atoms with E-state index in [0.717, 1.165) is 0 Å². The molecule has 2 aliphatic rings. The number of hydrogen-bond donors (Lipinski definition) is 1. The minimum absolute atomic E-state index is 0.0340. The third-order valence-electron chi connectivity index (χ3n) is 2.82. The molecule has 0 spiro atoms. The average Bonchev–Trinajstić information content (AvgIpc) is 2.40. The molecule has 0 aromatic heterocycles. The predicted octanol–water partition coefficient (Wildman–Crippen LogP) is -0.868. The molecule has 0 saturated carbocycles. The number of carbonyl (C=O) groups is 1. The molecule has 1 N–H and O–H groups in total. The molecule has 0 radical (unpaired) electrons. The molecule has 2 aliphatic heterocycles. The van der Waals surface area contributed by atoms with Gasteiger partial charge in [-0.3, -0.25) is 4.79 Å². The monoisotopic (exact) mass is 206 g/mol. The molecule has 0 amide bonds. The number of ether oxygens (including phenoxy) is 1. The summed E-state index contributed by atoms with van der Waals surface area (Å²) in [4.78, 5) is 10.9. The first-order chi connectivity index (χ1) is 5.96. The first kappa shape index (κ1) is 8.96. The molecule has 2 fully saturated rings. The maximum atomic E-state index is 11.2. The Hall–Kier alpha value is -0.620. The van der Waals surface area contributed by atoms with Crippen molar-refractivity contribution in [2.75, 3.05) is 24.7 Å². The minimum Gasteiger partial charge on any atom is -0.481 e. The summed E-state index contributed by atoms with van der Waals surface area (Å²) in [6.07, 6.45) is 0. The molecule has 2 atom stereocenters. The van der Waals surface area contributed by atoms with E-state index in [1.807, 2.05) is 0 Å². The van der Waals surface area contributed by atoms with Crippen molar-refractivity contribution >= 4 is 15.8 Å². The van der Waals surface area contributed by atoms with Gasteiger partial charge in [0.1, 0.15) is 5.41 Å². The van der Waals surface area contributed by atoms with Gasteiger partial charge in [-0.1, -0.05) is 0 Å². The van der Waals surface area contributed by atoms with Crippen LogP contribution in [0.5, 0.6) is 0 Å². The van der Waals surface area contributed by atoms with Crippen molar-refractivity contribution in [1.29, 1.82) is 0 Å². The summed E-state index contributed by atoms with van der Waals surface area (Å²) in [5.74, 6) is -1.70. The molecule has 0 unspecified atom stereocenters. The first-order valence-electron chi connectivity index (χ1n) is 3.98. The van der Waals surface area contributed by atoms with E-state index in [0.29, 0.717) is 0 Å². The lowest BCUT2D eigenvalue weighted by molar-refractivity contribution is -0.148. The average molecular weight is 206 g/mol. The van der Waals surface area contributed by atoms with Gasteiger partial charge in [-0.2, -0.15) is 0 Å². The Morgan fingerprint density at radius 1 is 1.54 bits per heavy atom. The van der Waals surface area contributed by atoms with E-state index >= 15 is 0 Å². The topological polar surface area (TPSA) is 80.7 Å². The van der Waals surface area contributed by atoms with Crippen LogP contribution < -0.4 is 0 Å². The van der Waals surface area contributed by atoms with Crippen LogP contribution in [0.2, 0.25) is 0 Å². The lowest BCUT2D eigenvalue weighted by Gasteiger charge is -2.18. The lowest BCUT2D eigenvalue weighted by Crippen LogP contribution is -2.37. The highest BCUT2D eigenvalue weighted by atomic mass is 32.2. The van der Waals surface area contributed by atoms with Crippen LogP contribution in [0.15, 0.2) is 0 Å². The highest BCUT2D eigenvalue weighted by molar-refractivity contribution is 7.91. The number of carboxylic acids is 1.